The molecule has 1 saturated heterocycles. The summed E-state index contributed by atoms with van der Waals surface area (Å²) in [6.45, 7) is 2.95. The zero-order valence-corrected chi connectivity index (χ0v) is 12.3. The van der Waals surface area contributed by atoms with Crippen molar-refractivity contribution in [2.24, 2.45) is 5.92 Å². The molecule has 114 valence electrons. The smallest absolute Gasteiger partial charge is 0.411 e. The van der Waals surface area contributed by atoms with Gasteiger partial charge in [0.25, 0.3) is 0 Å². The van der Waals surface area contributed by atoms with Gasteiger partial charge >= 0.3 is 6.09 Å². The van der Waals surface area contributed by atoms with Crippen LogP contribution in [0.4, 0.5) is 16.2 Å². The molecule has 0 aromatic heterocycles. The molecule has 1 heterocycles. The van der Waals surface area contributed by atoms with Gasteiger partial charge in [-0.1, -0.05) is 6.07 Å². The summed E-state index contributed by atoms with van der Waals surface area (Å²) in [5.41, 5.74) is 1.25. The summed E-state index contributed by atoms with van der Waals surface area (Å²) in [5, 5.41) is 8.80. The number of anilines is 2. The number of hydrogen-bond acceptors (Lipinski definition) is 4. The third kappa shape index (κ3) is 4.46. The average Bonchev–Trinajstić information content (AvgIpc) is 2.47. The maximum absolute atomic E-state index is 12.3. The van der Waals surface area contributed by atoms with Crippen LogP contribution in [0.5, 0.6) is 0 Å². The molecule has 1 aliphatic rings. The molecule has 2 amide bonds. The van der Waals surface area contributed by atoms with Gasteiger partial charge in [-0.15, -0.1) is 0 Å². The molecule has 2 atom stereocenters. The lowest BCUT2D eigenvalue weighted by molar-refractivity contribution is -0.120. The van der Waals surface area contributed by atoms with Gasteiger partial charge in [0.2, 0.25) is 5.91 Å². The molecule has 2 unspecified atom stereocenters. The Balaban J connectivity index is 1.97. The van der Waals surface area contributed by atoms with Crippen LogP contribution in [-0.2, 0) is 9.53 Å². The fraction of sp³-hybridized carbons (Fsp3) is 0.467. The Hall–Kier alpha value is -2.08. The van der Waals surface area contributed by atoms with Crippen LogP contribution in [0.3, 0.4) is 0 Å². The van der Waals surface area contributed by atoms with Gasteiger partial charge in [-0.3, -0.25) is 10.1 Å². The Kier molecular flexibility index (Phi) is 5.16. The summed E-state index contributed by atoms with van der Waals surface area (Å²) in [6, 6.07) is 7.37. The third-order valence-electron chi connectivity index (χ3n) is 3.56. The van der Waals surface area contributed by atoms with Crippen LogP contribution < -0.4 is 16.0 Å². The minimum absolute atomic E-state index is 0.0264. The van der Waals surface area contributed by atoms with Crippen LogP contribution in [0.2, 0.25) is 0 Å². The number of piperidine rings is 1. The van der Waals surface area contributed by atoms with E-state index < -0.39 is 6.09 Å². The van der Waals surface area contributed by atoms with Crippen molar-refractivity contribution in [2.75, 3.05) is 24.3 Å². The van der Waals surface area contributed by atoms with Crippen molar-refractivity contribution in [2.45, 2.75) is 25.8 Å². The van der Waals surface area contributed by atoms with E-state index in [2.05, 4.69) is 27.6 Å². The van der Waals surface area contributed by atoms with Gasteiger partial charge in [-0.05, 0) is 44.5 Å². The molecule has 0 bridgehead atoms. The van der Waals surface area contributed by atoms with Crippen molar-refractivity contribution in [3.05, 3.63) is 24.3 Å². The highest BCUT2D eigenvalue weighted by Crippen LogP contribution is 2.20. The number of amides is 2. The number of rotatable bonds is 3. The minimum atomic E-state index is -0.536. The lowest BCUT2D eigenvalue weighted by Crippen LogP contribution is -2.40. The van der Waals surface area contributed by atoms with Gasteiger partial charge in [0.15, 0.2) is 0 Å². The zero-order valence-electron chi connectivity index (χ0n) is 12.3. The van der Waals surface area contributed by atoms with Crippen molar-refractivity contribution in [3.63, 3.8) is 0 Å². The first-order valence-electron chi connectivity index (χ1n) is 7.07. The first-order chi connectivity index (χ1) is 10.1. The molecule has 1 aliphatic heterocycles. The van der Waals surface area contributed by atoms with Gasteiger partial charge < -0.3 is 15.4 Å². The Bertz CT molecular complexity index is 519. The molecule has 6 heteroatoms. The maximum Gasteiger partial charge on any atom is 0.411 e. The Morgan fingerprint density at radius 2 is 2.00 bits per heavy atom. The summed E-state index contributed by atoms with van der Waals surface area (Å²) in [4.78, 5) is 23.4. The normalized spacial score (nSPS) is 21.4. The molecule has 1 aromatic carbocycles. The summed E-state index contributed by atoms with van der Waals surface area (Å²) in [6.07, 6.45) is 1.15. The molecule has 2 rings (SSSR count). The van der Waals surface area contributed by atoms with Crippen LogP contribution in [0.1, 0.15) is 19.8 Å². The summed E-state index contributed by atoms with van der Waals surface area (Å²) < 4.78 is 4.54. The van der Waals surface area contributed by atoms with Crippen LogP contribution in [0.15, 0.2) is 24.3 Å². The molecule has 0 saturated carbocycles. The number of carbonyl (C=O) groups is 2. The predicted octanol–water partition coefficient (Wildman–Crippen LogP) is 2.19. The number of ether oxygens (including phenoxy) is 1. The Morgan fingerprint density at radius 1 is 1.29 bits per heavy atom. The quantitative estimate of drug-likeness (QED) is 0.797. The molecule has 0 radical (unpaired) electrons. The standard InChI is InChI=1S/C15H21N3O3/c1-10-8-11(6-7-16-10)14(19)17-12-4-3-5-13(9-12)18-15(20)21-2/h3-5,9-11,16H,6-8H2,1-2H3,(H,17,19)(H,18,20). The molecule has 21 heavy (non-hydrogen) atoms. The van der Waals surface area contributed by atoms with Crippen molar-refractivity contribution < 1.29 is 14.3 Å². The Morgan fingerprint density at radius 3 is 2.67 bits per heavy atom. The van der Waals surface area contributed by atoms with E-state index in [4.69, 9.17) is 0 Å². The number of methoxy groups -OCH3 is 1. The second-order valence-electron chi connectivity index (χ2n) is 5.26. The topological polar surface area (TPSA) is 79.5 Å². The highest BCUT2D eigenvalue weighted by Gasteiger charge is 2.24. The lowest BCUT2D eigenvalue weighted by Gasteiger charge is -2.27. The number of benzene rings is 1. The van der Waals surface area contributed by atoms with Gasteiger partial charge in [-0.2, -0.15) is 0 Å². The molecular weight excluding hydrogens is 270 g/mol. The van der Waals surface area contributed by atoms with Crippen LogP contribution >= 0.6 is 0 Å². The molecule has 6 nitrogen and oxygen atoms in total. The lowest BCUT2D eigenvalue weighted by atomic mass is 9.92. The van der Waals surface area contributed by atoms with Crippen molar-refractivity contribution >= 4 is 23.4 Å². The van der Waals surface area contributed by atoms with Gasteiger partial charge in [0.1, 0.15) is 0 Å². The highest BCUT2D eigenvalue weighted by atomic mass is 16.5. The van der Waals surface area contributed by atoms with E-state index >= 15 is 0 Å². The van der Waals surface area contributed by atoms with Crippen molar-refractivity contribution in [1.82, 2.24) is 5.32 Å². The van der Waals surface area contributed by atoms with E-state index in [1.165, 1.54) is 7.11 Å². The van der Waals surface area contributed by atoms with Gasteiger partial charge in [-0.25, -0.2) is 4.79 Å². The van der Waals surface area contributed by atoms with E-state index in [1.54, 1.807) is 24.3 Å². The fourth-order valence-corrected chi connectivity index (χ4v) is 2.46. The monoisotopic (exact) mass is 291 g/mol. The van der Waals surface area contributed by atoms with E-state index in [0.717, 1.165) is 19.4 Å². The Labute approximate surface area is 124 Å². The second-order valence-corrected chi connectivity index (χ2v) is 5.26. The number of carbonyl (C=O) groups excluding carboxylic acids is 2. The van der Waals surface area contributed by atoms with Crippen LogP contribution in [0.25, 0.3) is 0 Å². The highest BCUT2D eigenvalue weighted by molar-refractivity contribution is 5.94. The SMILES string of the molecule is COC(=O)Nc1cccc(NC(=O)C2CCNC(C)C2)c1. The summed E-state index contributed by atoms with van der Waals surface area (Å²) in [7, 11) is 1.30. The predicted molar refractivity (Wildman–Crippen MR) is 81.3 cm³/mol. The van der Waals surface area contributed by atoms with Crippen molar-refractivity contribution in [1.29, 1.82) is 0 Å². The second kappa shape index (κ2) is 7.08. The number of nitrogens with one attached hydrogen (secondary N) is 3. The first-order valence-corrected chi connectivity index (χ1v) is 7.07. The van der Waals surface area contributed by atoms with Crippen LogP contribution in [0, 0.1) is 5.92 Å². The molecule has 0 spiro atoms. The molecular formula is C15H21N3O3. The summed E-state index contributed by atoms with van der Waals surface area (Å²) in [5.74, 6) is 0.0528. The molecule has 0 aliphatic carbocycles. The minimum Gasteiger partial charge on any atom is -0.453 e. The molecule has 3 N–H and O–H groups in total. The van der Waals surface area contributed by atoms with Gasteiger partial charge in [0.05, 0.1) is 7.11 Å². The molecule has 1 fully saturated rings. The number of hydrogen-bond donors (Lipinski definition) is 3. The third-order valence-corrected chi connectivity index (χ3v) is 3.56. The fourth-order valence-electron chi connectivity index (χ4n) is 2.46. The van der Waals surface area contributed by atoms with Crippen LogP contribution in [-0.4, -0.2) is 31.7 Å². The van der Waals surface area contributed by atoms with Crippen molar-refractivity contribution in [3.8, 4) is 0 Å². The van der Waals surface area contributed by atoms with E-state index in [-0.39, 0.29) is 11.8 Å². The first kappa shape index (κ1) is 15.3. The van der Waals surface area contributed by atoms with E-state index in [9.17, 15) is 9.59 Å². The molecule has 1 aromatic rings. The van der Waals surface area contributed by atoms with Gasteiger partial charge in [0, 0.05) is 23.3 Å². The van der Waals surface area contributed by atoms with E-state index in [1.807, 2.05) is 0 Å². The largest absolute Gasteiger partial charge is 0.453 e. The van der Waals surface area contributed by atoms with E-state index in [0.29, 0.717) is 17.4 Å². The maximum atomic E-state index is 12.3. The average molecular weight is 291 g/mol. The summed E-state index contributed by atoms with van der Waals surface area (Å²) >= 11 is 0. The zero-order chi connectivity index (χ0) is 15.2.